The number of morpholine rings is 1. The number of amides is 1. The van der Waals surface area contributed by atoms with Gasteiger partial charge in [-0.1, -0.05) is 6.07 Å². The van der Waals surface area contributed by atoms with E-state index in [-0.39, 0.29) is 5.91 Å². The molecule has 0 unspecified atom stereocenters. The largest absolute Gasteiger partial charge is 0.379 e. The number of ether oxygens (including phenoxy) is 1. The Morgan fingerprint density at radius 3 is 3.00 bits per heavy atom. The van der Waals surface area contributed by atoms with E-state index in [9.17, 15) is 4.79 Å². The molecule has 1 N–H and O–H groups in total. The molecule has 1 aliphatic rings. The van der Waals surface area contributed by atoms with Crippen LogP contribution in [-0.2, 0) is 4.74 Å². The molecule has 116 valence electrons. The van der Waals surface area contributed by atoms with Crippen molar-refractivity contribution < 1.29 is 9.53 Å². The van der Waals surface area contributed by atoms with Gasteiger partial charge in [-0.15, -0.1) is 11.3 Å². The number of thiophene rings is 1. The van der Waals surface area contributed by atoms with Gasteiger partial charge in [0.05, 0.1) is 18.8 Å². The van der Waals surface area contributed by atoms with Crippen LogP contribution in [0.5, 0.6) is 0 Å². The number of pyridine rings is 1. The molecule has 1 fully saturated rings. The molecule has 0 saturated carbocycles. The Kier molecular flexibility index (Phi) is 5.15. The first-order chi connectivity index (χ1) is 10.8. The summed E-state index contributed by atoms with van der Waals surface area (Å²) < 4.78 is 5.31. The van der Waals surface area contributed by atoms with Crippen molar-refractivity contribution in [3.8, 4) is 10.4 Å². The average molecular weight is 317 g/mol. The maximum atomic E-state index is 12.2. The first kappa shape index (κ1) is 15.1. The lowest BCUT2D eigenvalue weighted by Crippen LogP contribution is -2.41. The van der Waals surface area contributed by atoms with Gasteiger partial charge in [-0.2, -0.15) is 0 Å². The van der Waals surface area contributed by atoms with E-state index in [0.717, 1.165) is 43.3 Å². The van der Waals surface area contributed by atoms with Crippen LogP contribution in [0.3, 0.4) is 0 Å². The third-order valence-electron chi connectivity index (χ3n) is 3.62. The van der Waals surface area contributed by atoms with Crippen LogP contribution in [0.1, 0.15) is 10.4 Å². The van der Waals surface area contributed by atoms with Crippen molar-refractivity contribution in [3.05, 3.63) is 41.5 Å². The predicted molar refractivity (Wildman–Crippen MR) is 87.1 cm³/mol. The normalized spacial score (nSPS) is 15.6. The highest BCUT2D eigenvalue weighted by Gasteiger charge is 2.11. The number of aromatic nitrogens is 1. The standard InChI is InChI=1S/C16H19N3O2S/c20-16(18-3-4-19-5-7-21-8-6-19)14-10-13(11-17-12-14)15-2-1-9-22-15/h1-2,9-12H,3-8H2,(H,18,20). The van der Waals surface area contributed by atoms with Gasteiger partial charge >= 0.3 is 0 Å². The molecule has 1 saturated heterocycles. The summed E-state index contributed by atoms with van der Waals surface area (Å²) in [5.41, 5.74) is 1.59. The Morgan fingerprint density at radius 2 is 2.23 bits per heavy atom. The second kappa shape index (κ2) is 7.49. The SMILES string of the molecule is O=C(NCCN1CCOCC1)c1cncc(-c2cccs2)c1. The molecule has 5 nitrogen and oxygen atoms in total. The number of rotatable bonds is 5. The zero-order valence-corrected chi connectivity index (χ0v) is 13.1. The summed E-state index contributed by atoms with van der Waals surface area (Å²) in [5, 5.41) is 4.98. The summed E-state index contributed by atoms with van der Waals surface area (Å²) in [7, 11) is 0. The van der Waals surface area contributed by atoms with Gasteiger partial charge in [-0.25, -0.2) is 0 Å². The van der Waals surface area contributed by atoms with E-state index in [1.165, 1.54) is 0 Å². The lowest BCUT2D eigenvalue weighted by atomic mass is 10.1. The van der Waals surface area contributed by atoms with Crippen LogP contribution in [0.25, 0.3) is 10.4 Å². The van der Waals surface area contributed by atoms with Crippen molar-refractivity contribution >= 4 is 17.2 Å². The molecule has 1 aliphatic heterocycles. The average Bonchev–Trinajstić information content (AvgIpc) is 3.10. The lowest BCUT2D eigenvalue weighted by molar-refractivity contribution is 0.0383. The van der Waals surface area contributed by atoms with Gasteiger partial charge in [0.25, 0.3) is 5.91 Å². The van der Waals surface area contributed by atoms with Gasteiger partial charge in [0.2, 0.25) is 0 Å². The number of hydrogen-bond acceptors (Lipinski definition) is 5. The minimum absolute atomic E-state index is 0.0702. The molecule has 1 amide bonds. The highest BCUT2D eigenvalue weighted by atomic mass is 32.1. The molecule has 2 aromatic rings. The van der Waals surface area contributed by atoms with E-state index in [4.69, 9.17) is 4.74 Å². The van der Waals surface area contributed by atoms with Crippen LogP contribution in [0.4, 0.5) is 0 Å². The van der Waals surface area contributed by atoms with E-state index in [2.05, 4.69) is 15.2 Å². The maximum absolute atomic E-state index is 12.2. The van der Waals surface area contributed by atoms with Gasteiger partial charge in [0.15, 0.2) is 0 Å². The third kappa shape index (κ3) is 3.91. The van der Waals surface area contributed by atoms with Gasteiger partial charge in [0, 0.05) is 49.0 Å². The molecule has 0 radical (unpaired) electrons. The quantitative estimate of drug-likeness (QED) is 0.915. The molecule has 0 aromatic carbocycles. The van der Waals surface area contributed by atoms with Gasteiger partial charge < -0.3 is 10.1 Å². The fourth-order valence-electron chi connectivity index (χ4n) is 2.40. The van der Waals surface area contributed by atoms with Crippen molar-refractivity contribution in [2.75, 3.05) is 39.4 Å². The van der Waals surface area contributed by atoms with E-state index < -0.39 is 0 Å². The van der Waals surface area contributed by atoms with Gasteiger partial charge in [-0.3, -0.25) is 14.7 Å². The summed E-state index contributed by atoms with van der Waals surface area (Å²) in [6.07, 6.45) is 3.40. The summed E-state index contributed by atoms with van der Waals surface area (Å²) in [4.78, 5) is 19.8. The van der Waals surface area contributed by atoms with E-state index in [1.54, 1.807) is 23.7 Å². The van der Waals surface area contributed by atoms with Crippen LogP contribution in [0.2, 0.25) is 0 Å². The van der Waals surface area contributed by atoms with Crippen LogP contribution in [0.15, 0.2) is 36.0 Å². The molecular weight excluding hydrogens is 298 g/mol. The minimum atomic E-state index is -0.0702. The molecule has 0 atom stereocenters. The summed E-state index contributed by atoms with van der Waals surface area (Å²) >= 11 is 1.64. The minimum Gasteiger partial charge on any atom is -0.379 e. The number of hydrogen-bond donors (Lipinski definition) is 1. The summed E-state index contributed by atoms with van der Waals surface area (Å²) in [6, 6.07) is 5.92. The van der Waals surface area contributed by atoms with Crippen molar-refractivity contribution in [2.45, 2.75) is 0 Å². The van der Waals surface area contributed by atoms with E-state index >= 15 is 0 Å². The van der Waals surface area contributed by atoms with E-state index in [1.807, 2.05) is 23.6 Å². The monoisotopic (exact) mass is 317 g/mol. The highest BCUT2D eigenvalue weighted by Crippen LogP contribution is 2.24. The predicted octanol–water partition coefficient (Wildman–Crippen LogP) is 1.87. The number of nitrogens with one attached hydrogen (secondary N) is 1. The van der Waals surface area contributed by atoms with Gasteiger partial charge in [0.1, 0.15) is 0 Å². The number of carbonyl (C=O) groups excluding carboxylic acids is 1. The van der Waals surface area contributed by atoms with Crippen LogP contribution in [0, 0.1) is 0 Å². The first-order valence-electron chi connectivity index (χ1n) is 7.40. The Morgan fingerprint density at radius 1 is 1.36 bits per heavy atom. The zero-order valence-electron chi connectivity index (χ0n) is 12.3. The maximum Gasteiger partial charge on any atom is 0.252 e. The zero-order chi connectivity index (χ0) is 15.2. The third-order valence-corrected chi connectivity index (χ3v) is 4.54. The summed E-state index contributed by atoms with van der Waals surface area (Å²) in [6.45, 7) is 4.92. The fraction of sp³-hybridized carbons (Fsp3) is 0.375. The molecule has 3 heterocycles. The van der Waals surface area contributed by atoms with Crippen LogP contribution >= 0.6 is 11.3 Å². The molecule has 0 aliphatic carbocycles. The first-order valence-corrected chi connectivity index (χ1v) is 8.28. The second-order valence-electron chi connectivity index (χ2n) is 5.15. The van der Waals surface area contributed by atoms with Crippen LogP contribution < -0.4 is 5.32 Å². The highest BCUT2D eigenvalue weighted by molar-refractivity contribution is 7.13. The van der Waals surface area contributed by atoms with Crippen molar-refractivity contribution in [3.63, 3.8) is 0 Å². The Bertz CT molecular complexity index is 610. The lowest BCUT2D eigenvalue weighted by Gasteiger charge is -2.26. The van der Waals surface area contributed by atoms with Crippen LogP contribution in [-0.4, -0.2) is 55.2 Å². The number of carbonyl (C=O) groups is 1. The summed E-state index contributed by atoms with van der Waals surface area (Å²) in [5.74, 6) is -0.0702. The molecule has 6 heteroatoms. The van der Waals surface area contributed by atoms with E-state index in [0.29, 0.717) is 12.1 Å². The van der Waals surface area contributed by atoms with Crippen molar-refractivity contribution in [1.29, 1.82) is 0 Å². The molecule has 0 bridgehead atoms. The second-order valence-corrected chi connectivity index (χ2v) is 6.10. The smallest absolute Gasteiger partial charge is 0.252 e. The molecule has 0 spiro atoms. The topological polar surface area (TPSA) is 54.5 Å². The molecule has 3 rings (SSSR count). The van der Waals surface area contributed by atoms with Crippen molar-refractivity contribution in [2.24, 2.45) is 0 Å². The number of nitrogens with zero attached hydrogens (tertiary/aromatic N) is 2. The Labute approximate surface area is 133 Å². The molecule has 2 aromatic heterocycles. The van der Waals surface area contributed by atoms with Crippen molar-refractivity contribution in [1.82, 2.24) is 15.2 Å². The van der Waals surface area contributed by atoms with Gasteiger partial charge in [-0.05, 0) is 17.5 Å². The molecule has 22 heavy (non-hydrogen) atoms. The Balaban J connectivity index is 1.54. The molecular formula is C16H19N3O2S. The Hall–Kier alpha value is -1.76. The fourth-order valence-corrected chi connectivity index (χ4v) is 3.10.